The minimum Gasteiger partial charge on any atom is -0.296 e. The number of hydrogen-bond acceptors (Lipinski definition) is 5. The molecule has 1 aromatic heterocycles. The van der Waals surface area contributed by atoms with Crippen LogP contribution in [0.1, 0.15) is 30.8 Å². The molecule has 4 atom stereocenters. The van der Waals surface area contributed by atoms with Gasteiger partial charge >= 0.3 is 6.18 Å². The molecule has 3 aromatic carbocycles. The first-order chi connectivity index (χ1) is 19.1. The monoisotopic (exact) mass is 544 g/mol. The average molecular weight is 545 g/mol. The lowest BCUT2D eigenvalue weighted by Crippen LogP contribution is -2.51. The van der Waals surface area contributed by atoms with Gasteiger partial charge in [-0.1, -0.05) is 50.2 Å². The number of para-hydroxylation sites is 2. The quantitative estimate of drug-likeness (QED) is 0.379. The van der Waals surface area contributed by atoms with Gasteiger partial charge in [-0.3, -0.25) is 24.3 Å². The van der Waals surface area contributed by atoms with Crippen molar-refractivity contribution in [1.82, 2.24) is 14.9 Å². The van der Waals surface area contributed by atoms with Gasteiger partial charge in [0.25, 0.3) is 5.56 Å². The number of hydrogen-bond donors (Lipinski definition) is 1. The number of alkyl halides is 3. The Balaban J connectivity index is 1.50. The van der Waals surface area contributed by atoms with Gasteiger partial charge in [-0.25, -0.2) is 9.88 Å². The molecule has 0 bridgehead atoms. The highest BCUT2D eigenvalue weighted by atomic mass is 19.4. The fourth-order valence-electron chi connectivity index (χ4n) is 6.80. The smallest absolute Gasteiger partial charge is 0.296 e. The Bertz CT molecular complexity index is 1810. The number of benzene rings is 3. The molecule has 0 aliphatic carbocycles. The highest BCUT2D eigenvalue weighted by molar-refractivity contribution is 6.23. The van der Waals surface area contributed by atoms with Crippen LogP contribution < -0.4 is 15.8 Å². The van der Waals surface area contributed by atoms with Crippen molar-refractivity contribution in [2.24, 2.45) is 17.8 Å². The number of halogens is 3. The minimum absolute atomic E-state index is 0.126. The molecule has 1 N–H and O–H groups in total. The van der Waals surface area contributed by atoms with Crippen molar-refractivity contribution in [2.45, 2.75) is 31.6 Å². The SMILES string of the molecule is CC(C)[C@@H]1N[C@]2(c3ccccc3-n3c2nc2ccccc2c3=O)[C@H]2C(=O)N(c3cccc(C(F)(F)F)c3)C(=O)[C@H]12. The van der Waals surface area contributed by atoms with Crippen molar-refractivity contribution in [1.29, 1.82) is 0 Å². The number of anilines is 1. The molecule has 2 saturated heterocycles. The number of aromatic nitrogens is 2. The van der Waals surface area contributed by atoms with E-state index < -0.39 is 47.0 Å². The van der Waals surface area contributed by atoms with E-state index in [2.05, 4.69) is 5.32 Å². The Morgan fingerprint density at radius 2 is 1.65 bits per heavy atom. The lowest BCUT2D eigenvalue weighted by molar-refractivity contribution is -0.137. The first kappa shape index (κ1) is 24.7. The van der Waals surface area contributed by atoms with Gasteiger partial charge < -0.3 is 0 Å². The fraction of sp³-hybridized carbons (Fsp3) is 0.267. The zero-order valence-electron chi connectivity index (χ0n) is 21.4. The van der Waals surface area contributed by atoms with Gasteiger partial charge in [0, 0.05) is 11.6 Å². The number of nitrogens with one attached hydrogen (secondary N) is 1. The van der Waals surface area contributed by atoms with E-state index in [9.17, 15) is 27.6 Å². The van der Waals surface area contributed by atoms with E-state index in [1.807, 2.05) is 19.9 Å². The van der Waals surface area contributed by atoms with E-state index in [1.165, 1.54) is 16.7 Å². The number of amides is 2. The maximum absolute atomic E-state index is 14.3. The number of nitrogens with zero attached hydrogens (tertiary/aromatic N) is 3. The highest BCUT2D eigenvalue weighted by Gasteiger charge is 2.70. The molecular weight excluding hydrogens is 521 g/mol. The van der Waals surface area contributed by atoms with E-state index in [4.69, 9.17) is 4.98 Å². The van der Waals surface area contributed by atoms with Crippen LogP contribution in [0.5, 0.6) is 0 Å². The van der Waals surface area contributed by atoms with Crippen LogP contribution >= 0.6 is 0 Å². The molecule has 0 unspecified atom stereocenters. The first-order valence-corrected chi connectivity index (χ1v) is 13.0. The minimum atomic E-state index is -4.64. The van der Waals surface area contributed by atoms with E-state index in [0.29, 0.717) is 28.0 Å². The number of carbonyl (C=O) groups is 2. The largest absolute Gasteiger partial charge is 0.416 e. The van der Waals surface area contributed by atoms with E-state index in [-0.39, 0.29) is 17.2 Å². The second-order valence-electron chi connectivity index (χ2n) is 10.9. The third kappa shape index (κ3) is 3.05. The van der Waals surface area contributed by atoms with E-state index in [1.54, 1.807) is 42.5 Å². The third-order valence-corrected chi connectivity index (χ3v) is 8.45. The van der Waals surface area contributed by atoms with Gasteiger partial charge in [0.15, 0.2) is 0 Å². The zero-order valence-corrected chi connectivity index (χ0v) is 21.4. The van der Waals surface area contributed by atoms with Crippen LogP contribution in [0.15, 0.2) is 77.6 Å². The van der Waals surface area contributed by atoms with Crippen LogP contribution in [0.2, 0.25) is 0 Å². The Kier molecular flexibility index (Phi) is 5.01. The summed E-state index contributed by atoms with van der Waals surface area (Å²) in [4.78, 5) is 47.9. The maximum atomic E-state index is 14.3. The van der Waals surface area contributed by atoms with Crippen LogP contribution in [-0.4, -0.2) is 27.4 Å². The molecule has 7 nitrogen and oxygen atoms in total. The summed E-state index contributed by atoms with van der Waals surface area (Å²) in [6.45, 7) is 3.83. The number of fused-ring (bicyclic) bond motifs is 8. The summed E-state index contributed by atoms with van der Waals surface area (Å²) in [5, 5.41) is 3.98. The molecule has 0 saturated carbocycles. The Labute approximate surface area is 226 Å². The van der Waals surface area contributed by atoms with Gasteiger partial charge in [-0.05, 0) is 42.3 Å². The topological polar surface area (TPSA) is 84.3 Å². The molecule has 10 heteroatoms. The van der Waals surface area contributed by atoms with Gasteiger partial charge in [0.05, 0.1) is 39.7 Å². The van der Waals surface area contributed by atoms with E-state index in [0.717, 1.165) is 17.0 Å². The van der Waals surface area contributed by atoms with Crippen LogP contribution in [0.3, 0.4) is 0 Å². The van der Waals surface area contributed by atoms with Crippen molar-refractivity contribution < 1.29 is 22.8 Å². The predicted octanol–water partition coefficient (Wildman–Crippen LogP) is 4.40. The Morgan fingerprint density at radius 3 is 2.40 bits per heavy atom. The summed E-state index contributed by atoms with van der Waals surface area (Å²) in [6.07, 6.45) is -4.64. The maximum Gasteiger partial charge on any atom is 0.416 e. The third-order valence-electron chi connectivity index (χ3n) is 8.45. The lowest BCUT2D eigenvalue weighted by atomic mass is 9.75. The van der Waals surface area contributed by atoms with Gasteiger partial charge in [-0.2, -0.15) is 13.2 Å². The van der Waals surface area contributed by atoms with Gasteiger partial charge in [0.2, 0.25) is 11.8 Å². The van der Waals surface area contributed by atoms with Crippen LogP contribution in [-0.2, 0) is 21.3 Å². The fourth-order valence-corrected chi connectivity index (χ4v) is 6.80. The van der Waals surface area contributed by atoms with Crippen molar-refractivity contribution in [3.63, 3.8) is 0 Å². The standard InChI is InChI=1S/C30H23F3N4O3/c1-15(2)24-22-23(27(40)36(26(22)39)17-9-7-8-16(14-17)30(31,32)33)29(35-24)19-11-4-6-13-21(19)37-25(38)18-10-3-5-12-20(18)34-28(29)37/h3-15,22-24,35H,1-2H3/t22-,23+,24-,29+/m0/s1. The molecule has 2 amide bonds. The molecule has 40 heavy (non-hydrogen) atoms. The van der Waals surface area contributed by atoms with Crippen LogP contribution in [0.25, 0.3) is 16.6 Å². The normalized spacial score (nSPS) is 25.2. The summed E-state index contributed by atoms with van der Waals surface area (Å²) >= 11 is 0. The van der Waals surface area contributed by atoms with Gasteiger partial charge in [-0.15, -0.1) is 0 Å². The summed E-state index contributed by atoms with van der Waals surface area (Å²) in [5.74, 6) is -2.96. The molecular formula is C30H23F3N4O3. The van der Waals surface area contributed by atoms with Crippen molar-refractivity contribution >= 4 is 28.4 Å². The number of imide groups is 1. The summed E-state index contributed by atoms with van der Waals surface area (Å²) in [6, 6.07) is 17.8. The van der Waals surface area contributed by atoms with E-state index >= 15 is 0 Å². The molecule has 1 spiro atoms. The molecule has 4 aromatic rings. The molecule has 7 rings (SSSR count). The average Bonchev–Trinajstić information content (AvgIpc) is 3.52. The Hall–Kier alpha value is -4.31. The second kappa shape index (κ2) is 8.11. The molecule has 2 fully saturated rings. The van der Waals surface area contributed by atoms with Gasteiger partial charge in [0.1, 0.15) is 11.4 Å². The molecule has 202 valence electrons. The van der Waals surface area contributed by atoms with Crippen molar-refractivity contribution in [3.05, 3.63) is 100 Å². The molecule has 0 radical (unpaired) electrons. The predicted molar refractivity (Wildman–Crippen MR) is 141 cm³/mol. The lowest BCUT2D eigenvalue weighted by Gasteiger charge is -2.32. The van der Waals surface area contributed by atoms with Crippen molar-refractivity contribution in [2.75, 3.05) is 4.90 Å². The zero-order chi connectivity index (χ0) is 28.1. The summed E-state index contributed by atoms with van der Waals surface area (Å²) in [7, 11) is 0. The van der Waals surface area contributed by atoms with Crippen LogP contribution in [0, 0.1) is 17.8 Å². The molecule has 4 heterocycles. The first-order valence-electron chi connectivity index (χ1n) is 13.0. The molecule has 3 aliphatic rings. The summed E-state index contributed by atoms with van der Waals surface area (Å²) in [5.41, 5.74) is -1.11. The Morgan fingerprint density at radius 1 is 0.925 bits per heavy atom. The van der Waals surface area contributed by atoms with Crippen molar-refractivity contribution in [3.8, 4) is 5.69 Å². The summed E-state index contributed by atoms with van der Waals surface area (Å²) < 4.78 is 42.1. The number of rotatable bonds is 2. The second-order valence-corrected chi connectivity index (χ2v) is 10.9. The highest BCUT2D eigenvalue weighted by Crippen LogP contribution is 2.56. The number of carbonyl (C=O) groups excluding carboxylic acids is 2. The van der Waals surface area contributed by atoms with Crippen LogP contribution in [0.4, 0.5) is 18.9 Å². The molecule has 3 aliphatic heterocycles.